The molecule has 0 aromatic carbocycles. The van der Waals surface area contributed by atoms with Gasteiger partial charge in [0, 0.05) is 18.8 Å². The van der Waals surface area contributed by atoms with E-state index in [2.05, 4.69) is 5.32 Å². The highest BCUT2D eigenvalue weighted by Gasteiger charge is 2.20. The molecule has 18 heavy (non-hydrogen) atoms. The Balaban J connectivity index is 2.72. The van der Waals surface area contributed by atoms with Crippen LogP contribution in [0.4, 0.5) is 14.5 Å². The topological polar surface area (TPSA) is 80.3 Å². The zero-order valence-electron chi connectivity index (χ0n) is 10.2. The number of aliphatic hydroxyl groups is 1. The maximum Gasteiger partial charge on any atom is 0.268 e. The Hall–Kier alpha value is -1.63. The minimum Gasteiger partial charge on any atom is -0.397 e. The lowest BCUT2D eigenvalue weighted by atomic mass is 10.3. The standard InChI is InChI=1S/C11H17F2N3O2/c1-6(2)16-5-7(14)3-8(16)11(18)15-4-9(17)10(12)13/h3,5-6,9-10,17H,4,14H2,1-2H3,(H,15,18). The van der Waals surface area contributed by atoms with Crippen molar-refractivity contribution in [3.05, 3.63) is 18.0 Å². The molecule has 0 aliphatic carbocycles. The second kappa shape index (κ2) is 5.81. The van der Waals surface area contributed by atoms with E-state index in [1.165, 1.54) is 6.07 Å². The smallest absolute Gasteiger partial charge is 0.268 e. The average molecular weight is 261 g/mol. The van der Waals surface area contributed by atoms with E-state index in [0.717, 1.165) is 0 Å². The number of hydrogen-bond acceptors (Lipinski definition) is 3. The van der Waals surface area contributed by atoms with Crippen molar-refractivity contribution in [3.63, 3.8) is 0 Å². The van der Waals surface area contributed by atoms with Gasteiger partial charge in [0.15, 0.2) is 0 Å². The lowest BCUT2D eigenvalue weighted by Gasteiger charge is -2.14. The Morgan fingerprint density at radius 1 is 1.56 bits per heavy atom. The third kappa shape index (κ3) is 3.43. The van der Waals surface area contributed by atoms with Gasteiger partial charge in [-0.05, 0) is 19.9 Å². The van der Waals surface area contributed by atoms with Crippen molar-refractivity contribution in [3.8, 4) is 0 Å². The zero-order chi connectivity index (χ0) is 13.9. The van der Waals surface area contributed by atoms with Crippen molar-refractivity contribution in [1.29, 1.82) is 0 Å². The third-order valence-electron chi connectivity index (χ3n) is 2.42. The summed E-state index contributed by atoms with van der Waals surface area (Å²) in [6, 6.07) is 1.48. The lowest BCUT2D eigenvalue weighted by Crippen LogP contribution is -2.36. The summed E-state index contributed by atoms with van der Waals surface area (Å²) in [5.41, 5.74) is 6.29. The van der Waals surface area contributed by atoms with Crippen molar-refractivity contribution in [2.75, 3.05) is 12.3 Å². The molecule has 0 saturated carbocycles. The number of aromatic nitrogens is 1. The number of carbonyl (C=O) groups is 1. The van der Waals surface area contributed by atoms with Gasteiger partial charge < -0.3 is 20.7 Å². The van der Waals surface area contributed by atoms with E-state index in [0.29, 0.717) is 5.69 Å². The number of anilines is 1. The van der Waals surface area contributed by atoms with E-state index in [1.54, 1.807) is 10.8 Å². The Morgan fingerprint density at radius 2 is 2.17 bits per heavy atom. The zero-order valence-corrected chi connectivity index (χ0v) is 10.2. The molecule has 1 atom stereocenters. The molecular formula is C11H17F2N3O2. The summed E-state index contributed by atoms with van der Waals surface area (Å²) in [6.45, 7) is 3.23. The number of nitrogens with zero attached hydrogens (tertiary/aromatic N) is 1. The second-order valence-electron chi connectivity index (χ2n) is 4.27. The number of nitrogens with two attached hydrogens (primary N) is 1. The molecule has 0 saturated heterocycles. The summed E-state index contributed by atoms with van der Waals surface area (Å²) < 4.78 is 25.8. The first-order valence-electron chi connectivity index (χ1n) is 5.54. The molecule has 1 amide bonds. The fraction of sp³-hybridized carbons (Fsp3) is 0.545. The molecule has 1 heterocycles. The fourth-order valence-electron chi connectivity index (χ4n) is 1.49. The van der Waals surface area contributed by atoms with Crippen molar-refractivity contribution in [2.24, 2.45) is 0 Å². The normalized spacial score (nSPS) is 13.1. The Morgan fingerprint density at radius 3 is 2.67 bits per heavy atom. The highest BCUT2D eigenvalue weighted by molar-refractivity contribution is 5.93. The van der Waals surface area contributed by atoms with Crippen LogP contribution in [0.1, 0.15) is 30.4 Å². The summed E-state index contributed by atoms with van der Waals surface area (Å²) in [5, 5.41) is 11.2. The van der Waals surface area contributed by atoms with Crippen LogP contribution in [0.2, 0.25) is 0 Å². The van der Waals surface area contributed by atoms with Crippen molar-refractivity contribution in [1.82, 2.24) is 9.88 Å². The van der Waals surface area contributed by atoms with Crippen LogP contribution in [0.15, 0.2) is 12.3 Å². The SMILES string of the molecule is CC(C)n1cc(N)cc1C(=O)NCC(O)C(F)F. The second-order valence-corrected chi connectivity index (χ2v) is 4.27. The first-order chi connectivity index (χ1) is 8.32. The van der Waals surface area contributed by atoms with Crippen LogP contribution < -0.4 is 11.1 Å². The van der Waals surface area contributed by atoms with Crippen molar-refractivity contribution >= 4 is 11.6 Å². The van der Waals surface area contributed by atoms with Crippen LogP contribution in [0.5, 0.6) is 0 Å². The van der Waals surface area contributed by atoms with E-state index in [1.807, 2.05) is 13.8 Å². The van der Waals surface area contributed by atoms with Crippen LogP contribution >= 0.6 is 0 Å². The van der Waals surface area contributed by atoms with Gasteiger partial charge in [-0.25, -0.2) is 8.78 Å². The van der Waals surface area contributed by atoms with Gasteiger partial charge >= 0.3 is 0 Å². The predicted octanol–water partition coefficient (Wildman–Crippen LogP) is 1.01. The van der Waals surface area contributed by atoms with Crippen LogP contribution in [0.25, 0.3) is 0 Å². The van der Waals surface area contributed by atoms with E-state index in [-0.39, 0.29) is 11.7 Å². The van der Waals surface area contributed by atoms with Crippen molar-refractivity contribution < 1.29 is 18.7 Å². The van der Waals surface area contributed by atoms with Crippen LogP contribution in [0, 0.1) is 0 Å². The number of alkyl halides is 2. The number of nitrogens with one attached hydrogen (secondary N) is 1. The van der Waals surface area contributed by atoms with Crippen LogP contribution in [-0.4, -0.2) is 34.7 Å². The molecule has 102 valence electrons. The molecule has 0 radical (unpaired) electrons. The highest BCUT2D eigenvalue weighted by Crippen LogP contribution is 2.16. The Labute approximate surface area is 104 Å². The first kappa shape index (κ1) is 14.4. The number of aliphatic hydroxyl groups excluding tert-OH is 1. The first-order valence-corrected chi connectivity index (χ1v) is 5.54. The van der Waals surface area contributed by atoms with Gasteiger partial charge in [-0.1, -0.05) is 0 Å². The number of amides is 1. The minimum atomic E-state index is -2.88. The molecule has 1 aromatic heterocycles. The molecule has 4 N–H and O–H groups in total. The average Bonchev–Trinajstić information content (AvgIpc) is 2.67. The molecule has 0 fully saturated rings. The van der Waals surface area contributed by atoms with Crippen LogP contribution in [-0.2, 0) is 0 Å². The monoisotopic (exact) mass is 261 g/mol. The molecule has 0 spiro atoms. The van der Waals surface area contributed by atoms with Crippen molar-refractivity contribution in [2.45, 2.75) is 32.4 Å². The fourth-order valence-corrected chi connectivity index (χ4v) is 1.49. The maximum absolute atomic E-state index is 12.1. The molecule has 0 aliphatic heterocycles. The maximum atomic E-state index is 12.1. The summed E-state index contributed by atoms with van der Waals surface area (Å²) in [6.07, 6.45) is -3.15. The number of nitrogen functional groups attached to an aromatic ring is 1. The molecule has 7 heteroatoms. The summed E-state index contributed by atoms with van der Waals surface area (Å²) in [7, 11) is 0. The molecule has 0 aliphatic rings. The number of carbonyl (C=O) groups excluding carboxylic acids is 1. The quantitative estimate of drug-likeness (QED) is 0.740. The third-order valence-corrected chi connectivity index (χ3v) is 2.42. The number of rotatable bonds is 5. The van der Waals surface area contributed by atoms with Gasteiger partial charge in [0.1, 0.15) is 11.8 Å². The summed E-state index contributed by atoms with van der Waals surface area (Å²) >= 11 is 0. The Kier molecular flexibility index (Phi) is 4.66. The number of hydrogen-bond donors (Lipinski definition) is 3. The number of halogens is 2. The molecular weight excluding hydrogens is 244 g/mol. The van der Waals surface area contributed by atoms with Gasteiger partial charge in [0.05, 0.1) is 5.69 Å². The largest absolute Gasteiger partial charge is 0.397 e. The highest BCUT2D eigenvalue weighted by atomic mass is 19.3. The Bertz CT molecular complexity index is 418. The van der Waals surface area contributed by atoms with E-state index in [4.69, 9.17) is 10.8 Å². The van der Waals surface area contributed by atoms with Gasteiger partial charge in [0.2, 0.25) is 0 Å². The van der Waals surface area contributed by atoms with Gasteiger partial charge in [0.25, 0.3) is 12.3 Å². The van der Waals surface area contributed by atoms with Gasteiger partial charge in [-0.15, -0.1) is 0 Å². The molecule has 5 nitrogen and oxygen atoms in total. The summed E-state index contributed by atoms with van der Waals surface area (Å²) in [5.74, 6) is -0.542. The minimum absolute atomic E-state index is 0.0167. The summed E-state index contributed by atoms with van der Waals surface area (Å²) in [4.78, 5) is 11.8. The van der Waals surface area contributed by atoms with Gasteiger partial charge in [-0.3, -0.25) is 4.79 Å². The van der Waals surface area contributed by atoms with E-state index in [9.17, 15) is 13.6 Å². The van der Waals surface area contributed by atoms with E-state index >= 15 is 0 Å². The lowest BCUT2D eigenvalue weighted by molar-refractivity contribution is -0.00275. The van der Waals surface area contributed by atoms with Crippen LogP contribution in [0.3, 0.4) is 0 Å². The molecule has 1 rings (SSSR count). The van der Waals surface area contributed by atoms with Gasteiger partial charge in [-0.2, -0.15) is 0 Å². The van der Waals surface area contributed by atoms with E-state index < -0.39 is 25.0 Å². The molecule has 0 bridgehead atoms. The molecule has 1 unspecified atom stereocenters. The predicted molar refractivity (Wildman–Crippen MR) is 63.6 cm³/mol. The molecule has 1 aromatic rings.